The average Bonchev–Trinajstić information content (AvgIpc) is 2.57. The molecule has 5 nitrogen and oxygen atoms in total. The number of thioether (sulfide) groups is 1. The molecule has 0 saturated carbocycles. The van der Waals surface area contributed by atoms with E-state index in [1.165, 1.54) is 0 Å². The average molecular weight is 364 g/mol. The molecule has 2 rings (SSSR count). The third kappa shape index (κ3) is 5.06. The van der Waals surface area contributed by atoms with Gasteiger partial charge in [-0.25, -0.2) is 4.98 Å². The Labute approximate surface area is 154 Å². The van der Waals surface area contributed by atoms with Crippen molar-refractivity contribution in [3.63, 3.8) is 0 Å². The van der Waals surface area contributed by atoms with Crippen molar-refractivity contribution in [2.45, 2.75) is 51.5 Å². The summed E-state index contributed by atoms with van der Waals surface area (Å²) < 4.78 is 6.96. The van der Waals surface area contributed by atoms with Crippen LogP contribution in [0.2, 0.25) is 0 Å². The highest BCUT2D eigenvalue weighted by Crippen LogP contribution is 2.18. The lowest BCUT2D eigenvalue weighted by Gasteiger charge is -2.30. The molecule has 0 bridgehead atoms. The molecule has 0 aliphatic heterocycles. The maximum Gasteiger partial charge on any atom is 0.262 e. The molecular weight excluding hydrogens is 334 g/mol. The molecule has 0 saturated heterocycles. The van der Waals surface area contributed by atoms with Gasteiger partial charge in [0.25, 0.3) is 5.56 Å². The lowest BCUT2D eigenvalue weighted by Crippen LogP contribution is -2.40. The Balaban J connectivity index is 2.35. The van der Waals surface area contributed by atoms with Gasteiger partial charge in [0.05, 0.1) is 17.5 Å². The van der Waals surface area contributed by atoms with Crippen LogP contribution in [0.25, 0.3) is 10.9 Å². The highest BCUT2D eigenvalue weighted by atomic mass is 32.2. The van der Waals surface area contributed by atoms with Gasteiger partial charge in [0.1, 0.15) is 0 Å². The minimum absolute atomic E-state index is 0.0398. The predicted octanol–water partition coefficient (Wildman–Crippen LogP) is 3.25. The molecule has 0 atom stereocenters. The van der Waals surface area contributed by atoms with E-state index in [0.717, 1.165) is 23.0 Å². The van der Waals surface area contributed by atoms with Crippen molar-refractivity contribution < 1.29 is 4.74 Å². The lowest BCUT2D eigenvalue weighted by molar-refractivity contribution is 0.166. The van der Waals surface area contributed by atoms with Gasteiger partial charge < -0.3 is 4.74 Å². The molecule has 2 aromatic rings. The fraction of sp³-hybridized carbons (Fsp3) is 0.579. The topological polar surface area (TPSA) is 47.4 Å². The SMILES string of the molecule is COCCSc1nc2ccccc2c(=O)n1CCN(C(C)C)C(C)C. The molecule has 6 heteroatoms. The van der Waals surface area contributed by atoms with Gasteiger partial charge in [0.15, 0.2) is 5.16 Å². The van der Waals surface area contributed by atoms with E-state index in [1.807, 2.05) is 28.8 Å². The maximum atomic E-state index is 13.0. The van der Waals surface area contributed by atoms with E-state index in [4.69, 9.17) is 9.72 Å². The van der Waals surface area contributed by atoms with Crippen molar-refractivity contribution in [2.75, 3.05) is 26.0 Å². The molecule has 138 valence electrons. The van der Waals surface area contributed by atoms with Crippen molar-refractivity contribution in [1.82, 2.24) is 14.5 Å². The second-order valence-electron chi connectivity index (χ2n) is 6.63. The molecule has 0 aliphatic carbocycles. The fourth-order valence-corrected chi connectivity index (χ4v) is 3.92. The molecule has 25 heavy (non-hydrogen) atoms. The zero-order chi connectivity index (χ0) is 18.4. The van der Waals surface area contributed by atoms with Crippen LogP contribution in [0.5, 0.6) is 0 Å². The number of para-hydroxylation sites is 1. The molecule has 0 aliphatic rings. The Kier molecular flexibility index (Phi) is 7.47. The molecule has 0 N–H and O–H groups in total. The van der Waals surface area contributed by atoms with E-state index in [9.17, 15) is 4.79 Å². The lowest BCUT2D eigenvalue weighted by atomic mass is 10.2. The predicted molar refractivity (Wildman–Crippen MR) is 106 cm³/mol. The number of methoxy groups -OCH3 is 1. The van der Waals surface area contributed by atoms with Crippen LogP contribution in [0.1, 0.15) is 27.7 Å². The van der Waals surface area contributed by atoms with Crippen LogP contribution < -0.4 is 5.56 Å². The first-order valence-electron chi connectivity index (χ1n) is 8.82. The largest absolute Gasteiger partial charge is 0.384 e. The van der Waals surface area contributed by atoms with Crippen LogP contribution in [0.15, 0.2) is 34.2 Å². The fourth-order valence-electron chi connectivity index (χ4n) is 3.00. The van der Waals surface area contributed by atoms with Gasteiger partial charge in [0.2, 0.25) is 0 Å². The smallest absolute Gasteiger partial charge is 0.262 e. The third-order valence-electron chi connectivity index (χ3n) is 4.25. The number of ether oxygens (including phenoxy) is 1. The van der Waals surface area contributed by atoms with Gasteiger partial charge in [-0.05, 0) is 39.8 Å². The van der Waals surface area contributed by atoms with Gasteiger partial charge in [-0.1, -0.05) is 23.9 Å². The zero-order valence-electron chi connectivity index (χ0n) is 15.9. The molecule has 1 heterocycles. The summed E-state index contributed by atoms with van der Waals surface area (Å²) >= 11 is 1.58. The van der Waals surface area contributed by atoms with Crippen LogP contribution in [0, 0.1) is 0 Å². The van der Waals surface area contributed by atoms with Crippen molar-refractivity contribution in [2.24, 2.45) is 0 Å². The van der Waals surface area contributed by atoms with E-state index in [1.54, 1.807) is 18.9 Å². The van der Waals surface area contributed by atoms with Crippen LogP contribution in [0.3, 0.4) is 0 Å². The quantitative estimate of drug-likeness (QED) is 0.389. The first-order chi connectivity index (χ1) is 12.0. The number of hydrogen-bond acceptors (Lipinski definition) is 5. The second-order valence-corrected chi connectivity index (χ2v) is 7.70. The van der Waals surface area contributed by atoms with E-state index < -0.39 is 0 Å². The molecule has 0 fully saturated rings. The summed E-state index contributed by atoms with van der Waals surface area (Å²) in [5.74, 6) is 0.777. The number of fused-ring (bicyclic) bond motifs is 1. The van der Waals surface area contributed by atoms with Crippen LogP contribution in [0.4, 0.5) is 0 Å². The Morgan fingerprint density at radius 3 is 2.52 bits per heavy atom. The van der Waals surface area contributed by atoms with E-state index in [0.29, 0.717) is 30.6 Å². The highest BCUT2D eigenvalue weighted by Gasteiger charge is 2.16. The normalized spacial score (nSPS) is 12.0. The number of benzene rings is 1. The molecule has 0 spiro atoms. The monoisotopic (exact) mass is 363 g/mol. The number of rotatable bonds is 9. The van der Waals surface area contributed by atoms with Crippen LogP contribution in [-0.4, -0.2) is 52.5 Å². The van der Waals surface area contributed by atoms with E-state index in [2.05, 4.69) is 32.6 Å². The first-order valence-corrected chi connectivity index (χ1v) is 9.81. The Bertz CT molecular complexity index is 735. The summed E-state index contributed by atoms with van der Waals surface area (Å²) in [5, 5.41) is 1.45. The Morgan fingerprint density at radius 2 is 1.88 bits per heavy atom. The Hall–Kier alpha value is -1.37. The second kappa shape index (κ2) is 9.36. The molecule has 1 aromatic carbocycles. The summed E-state index contributed by atoms with van der Waals surface area (Å²) in [6, 6.07) is 8.44. The molecular formula is C19H29N3O2S. The number of nitrogens with zero attached hydrogens (tertiary/aromatic N) is 3. The molecule has 0 unspecified atom stereocenters. The van der Waals surface area contributed by atoms with Gasteiger partial charge in [-0.2, -0.15) is 0 Å². The van der Waals surface area contributed by atoms with Crippen LogP contribution >= 0.6 is 11.8 Å². The summed E-state index contributed by atoms with van der Waals surface area (Å²) in [5.41, 5.74) is 0.797. The summed E-state index contributed by atoms with van der Waals surface area (Å²) in [7, 11) is 1.69. The van der Waals surface area contributed by atoms with Crippen molar-refractivity contribution in [3.05, 3.63) is 34.6 Å². The van der Waals surface area contributed by atoms with Gasteiger partial charge in [0, 0.05) is 38.0 Å². The van der Waals surface area contributed by atoms with Crippen molar-refractivity contribution in [3.8, 4) is 0 Å². The minimum atomic E-state index is 0.0398. The zero-order valence-corrected chi connectivity index (χ0v) is 16.7. The summed E-state index contributed by atoms with van der Waals surface area (Å²) in [6.45, 7) is 10.9. The third-order valence-corrected chi connectivity index (χ3v) is 5.19. The van der Waals surface area contributed by atoms with E-state index >= 15 is 0 Å². The highest BCUT2D eigenvalue weighted by molar-refractivity contribution is 7.99. The minimum Gasteiger partial charge on any atom is -0.384 e. The standard InChI is InChI=1S/C19H29N3O2S/c1-14(2)21(15(3)4)10-11-22-18(23)16-8-6-7-9-17(16)20-19(22)25-13-12-24-5/h6-9,14-15H,10-13H2,1-5H3. The van der Waals surface area contributed by atoms with Gasteiger partial charge in [-0.15, -0.1) is 0 Å². The molecule has 0 radical (unpaired) electrons. The Morgan fingerprint density at radius 1 is 1.20 bits per heavy atom. The molecule has 1 aromatic heterocycles. The van der Waals surface area contributed by atoms with Gasteiger partial charge in [-0.3, -0.25) is 14.3 Å². The first kappa shape index (κ1) is 19.9. The number of hydrogen-bond donors (Lipinski definition) is 0. The summed E-state index contributed by atoms with van der Waals surface area (Å²) in [6.07, 6.45) is 0. The number of aromatic nitrogens is 2. The summed E-state index contributed by atoms with van der Waals surface area (Å²) in [4.78, 5) is 20.1. The molecule has 0 amide bonds. The van der Waals surface area contributed by atoms with E-state index in [-0.39, 0.29) is 5.56 Å². The van der Waals surface area contributed by atoms with Crippen molar-refractivity contribution in [1.29, 1.82) is 0 Å². The van der Waals surface area contributed by atoms with Crippen LogP contribution in [-0.2, 0) is 11.3 Å². The van der Waals surface area contributed by atoms with Gasteiger partial charge >= 0.3 is 0 Å². The maximum absolute atomic E-state index is 13.0. The van der Waals surface area contributed by atoms with Crippen molar-refractivity contribution >= 4 is 22.7 Å².